The van der Waals surface area contributed by atoms with Crippen LogP contribution in [-0.4, -0.2) is 28.7 Å². The number of halogens is 1. The van der Waals surface area contributed by atoms with Crippen molar-refractivity contribution < 1.29 is 18.7 Å². The molecule has 130 valence electrons. The van der Waals surface area contributed by atoms with Gasteiger partial charge in [-0.3, -0.25) is 9.59 Å². The molecule has 0 aliphatic carbocycles. The van der Waals surface area contributed by atoms with Gasteiger partial charge in [0.15, 0.2) is 6.10 Å². The first-order valence-electron chi connectivity index (χ1n) is 7.83. The fraction of sp³-hybridized carbons (Fsp3) is 0.278. The van der Waals surface area contributed by atoms with Crippen molar-refractivity contribution in [2.75, 3.05) is 0 Å². The summed E-state index contributed by atoms with van der Waals surface area (Å²) in [6, 6.07) is 10.4. The zero-order valence-electron chi connectivity index (χ0n) is 13.8. The number of esters is 1. The van der Waals surface area contributed by atoms with E-state index in [2.05, 4.69) is 5.10 Å². The number of furan rings is 1. The Kier molecular flexibility index (Phi) is 4.90. The molecule has 1 aliphatic rings. The summed E-state index contributed by atoms with van der Waals surface area (Å²) in [7, 11) is 0. The van der Waals surface area contributed by atoms with E-state index in [9.17, 15) is 9.59 Å². The molecule has 6 nitrogen and oxygen atoms in total. The number of carbonyl (C=O) groups is 2. The van der Waals surface area contributed by atoms with Crippen molar-refractivity contribution in [2.24, 2.45) is 5.10 Å². The van der Waals surface area contributed by atoms with Crippen LogP contribution in [0.1, 0.15) is 37.6 Å². The highest BCUT2D eigenvalue weighted by molar-refractivity contribution is 6.30. The summed E-state index contributed by atoms with van der Waals surface area (Å²) in [5, 5.41) is 6.42. The van der Waals surface area contributed by atoms with E-state index in [1.807, 2.05) is 12.1 Å². The number of rotatable bonds is 4. The highest BCUT2D eigenvalue weighted by Gasteiger charge is 2.37. The van der Waals surface area contributed by atoms with Gasteiger partial charge >= 0.3 is 5.97 Å². The first kappa shape index (κ1) is 17.2. The second kappa shape index (κ2) is 7.11. The summed E-state index contributed by atoms with van der Waals surface area (Å²) in [4.78, 5) is 23.8. The van der Waals surface area contributed by atoms with Gasteiger partial charge in [-0.15, -0.1) is 0 Å². The number of nitrogens with zero attached hydrogens (tertiary/aromatic N) is 2. The number of hydrazone groups is 1. The third-order valence-corrected chi connectivity index (χ3v) is 4.13. The van der Waals surface area contributed by atoms with Crippen LogP contribution in [0.2, 0.25) is 5.02 Å². The van der Waals surface area contributed by atoms with Crippen LogP contribution >= 0.6 is 11.6 Å². The topological polar surface area (TPSA) is 72.1 Å². The summed E-state index contributed by atoms with van der Waals surface area (Å²) in [6.45, 7) is 2.79. The molecule has 25 heavy (non-hydrogen) atoms. The van der Waals surface area contributed by atoms with Gasteiger partial charge in [-0.1, -0.05) is 23.7 Å². The number of hydrogen-bond donors (Lipinski definition) is 0. The summed E-state index contributed by atoms with van der Waals surface area (Å²) in [5.74, 6) is -0.298. The molecule has 3 rings (SSSR count). The Balaban J connectivity index is 1.91. The van der Waals surface area contributed by atoms with Gasteiger partial charge in [-0.25, -0.2) is 5.01 Å². The Morgan fingerprint density at radius 3 is 2.64 bits per heavy atom. The van der Waals surface area contributed by atoms with E-state index >= 15 is 0 Å². The van der Waals surface area contributed by atoms with Crippen molar-refractivity contribution in [2.45, 2.75) is 32.4 Å². The monoisotopic (exact) mass is 360 g/mol. The van der Waals surface area contributed by atoms with Crippen molar-refractivity contribution >= 4 is 29.2 Å². The molecule has 7 heteroatoms. The van der Waals surface area contributed by atoms with Crippen LogP contribution in [0.4, 0.5) is 0 Å². The SMILES string of the molecule is CC(=O)O[C@@H](C)C(=O)N1N=C(c2ccc(Cl)cc2)C[C@H]1c1ccco1. The number of hydrogen-bond acceptors (Lipinski definition) is 5. The molecule has 0 radical (unpaired) electrons. The van der Waals surface area contributed by atoms with E-state index in [0.29, 0.717) is 17.2 Å². The fourth-order valence-corrected chi connectivity index (χ4v) is 2.84. The van der Waals surface area contributed by atoms with Gasteiger partial charge in [0.1, 0.15) is 11.8 Å². The van der Waals surface area contributed by atoms with Crippen LogP contribution in [0.3, 0.4) is 0 Å². The van der Waals surface area contributed by atoms with Crippen LogP contribution in [0.15, 0.2) is 52.2 Å². The Hall–Kier alpha value is -2.60. The van der Waals surface area contributed by atoms with E-state index < -0.39 is 18.0 Å². The average Bonchev–Trinajstić information content (AvgIpc) is 3.23. The molecule has 1 amide bonds. The van der Waals surface area contributed by atoms with Crippen LogP contribution in [0, 0.1) is 0 Å². The largest absolute Gasteiger partial charge is 0.467 e. The second-order valence-corrected chi connectivity index (χ2v) is 6.16. The standard InChI is InChI=1S/C18H17ClN2O4/c1-11(25-12(2)22)18(23)21-16(17-4-3-9-24-17)10-15(20-21)13-5-7-14(19)8-6-13/h3-9,11,16H,10H2,1-2H3/t11-,16-/m0/s1. The molecule has 2 atom stereocenters. The minimum atomic E-state index is -0.928. The zero-order chi connectivity index (χ0) is 18.0. The molecular weight excluding hydrogens is 344 g/mol. The van der Waals surface area contributed by atoms with Gasteiger partial charge in [0.05, 0.1) is 12.0 Å². The molecule has 0 unspecified atom stereocenters. The third-order valence-electron chi connectivity index (χ3n) is 3.88. The van der Waals surface area contributed by atoms with E-state index in [1.165, 1.54) is 18.9 Å². The van der Waals surface area contributed by atoms with Crippen molar-refractivity contribution in [3.63, 3.8) is 0 Å². The Bertz CT molecular complexity index is 799. The fourth-order valence-electron chi connectivity index (χ4n) is 2.72. The molecule has 0 N–H and O–H groups in total. The van der Waals surface area contributed by atoms with Crippen LogP contribution in [-0.2, 0) is 14.3 Å². The predicted octanol–water partition coefficient (Wildman–Crippen LogP) is 3.56. The minimum absolute atomic E-state index is 0.383. The summed E-state index contributed by atoms with van der Waals surface area (Å²) >= 11 is 5.93. The number of ether oxygens (including phenoxy) is 1. The van der Waals surface area contributed by atoms with Gasteiger partial charge in [-0.05, 0) is 36.8 Å². The first-order valence-corrected chi connectivity index (χ1v) is 8.20. The lowest BCUT2D eigenvalue weighted by Gasteiger charge is -2.22. The van der Waals surface area contributed by atoms with Crippen LogP contribution in [0.5, 0.6) is 0 Å². The van der Waals surface area contributed by atoms with Crippen LogP contribution < -0.4 is 0 Å². The average molecular weight is 361 g/mol. The van der Waals surface area contributed by atoms with E-state index in [0.717, 1.165) is 11.3 Å². The summed E-state index contributed by atoms with van der Waals surface area (Å²) in [5.41, 5.74) is 1.61. The Labute approximate surface area is 150 Å². The van der Waals surface area contributed by atoms with Gasteiger partial charge in [0.2, 0.25) is 0 Å². The molecule has 0 fully saturated rings. The maximum Gasteiger partial charge on any atom is 0.303 e. The predicted molar refractivity (Wildman–Crippen MR) is 92.1 cm³/mol. The molecule has 0 bridgehead atoms. The number of amides is 1. The van der Waals surface area contributed by atoms with Crippen LogP contribution in [0.25, 0.3) is 0 Å². The molecular formula is C18H17ClN2O4. The highest BCUT2D eigenvalue weighted by atomic mass is 35.5. The normalized spacial score (nSPS) is 18.0. The van der Waals surface area contributed by atoms with E-state index in [1.54, 1.807) is 30.5 Å². The molecule has 0 saturated carbocycles. The maximum atomic E-state index is 12.7. The van der Waals surface area contributed by atoms with Gasteiger partial charge in [0, 0.05) is 18.4 Å². The Morgan fingerprint density at radius 1 is 1.32 bits per heavy atom. The van der Waals surface area contributed by atoms with Gasteiger partial charge in [-0.2, -0.15) is 5.10 Å². The van der Waals surface area contributed by atoms with Crippen molar-refractivity contribution in [3.8, 4) is 0 Å². The molecule has 2 aromatic rings. The van der Waals surface area contributed by atoms with Crippen molar-refractivity contribution in [1.29, 1.82) is 0 Å². The van der Waals surface area contributed by atoms with Gasteiger partial charge < -0.3 is 9.15 Å². The summed E-state index contributed by atoms with van der Waals surface area (Å²) in [6.07, 6.45) is 1.12. The minimum Gasteiger partial charge on any atom is -0.467 e. The molecule has 1 aromatic heterocycles. The quantitative estimate of drug-likeness (QED) is 0.781. The number of carbonyl (C=O) groups excluding carboxylic acids is 2. The first-order chi connectivity index (χ1) is 12.0. The van der Waals surface area contributed by atoms with E-state index in [4.69, 9.17) is 20.8 Å². The molecule has 0 saturated heterocycles. The summed E-state index contributed by atoms with van der Waals surface area (Å²) < 4.78 is 10.5. The number of benzene rings is 1. The molecule has 1 aliphatic heterocycles. The second-order valence-electron chi connectivity index (χ2n) is 5.72. The van der Waals surface area contributed by atoms with Crippen molar-refractivity contribution in [1.82, 2.24) is 5.01 Å². The third kappa shape index (κ3) is 3.74. The van der Waals surface area contributed by atoms with Gasteiger partial charge in [0.25, 0.3) is 5.91 Å². The lowest BCUT2D eigenvalue weighted by Crippen LogP contribution is -2.36. The Morgan fingerprint density at radius 2 is 2.04 bits per heavy atom. The maximum absolute atomic E-state index is 12.7. The van der Waals surface area contributed by atoms with E-state index in [-0.39, 0.29) is 6.04 Å². The molecule has 0 spiro atoms. The molecule has 2 heterocycles. The highest BCUT2D eigenvalue weighted by Crippen LogP contribution is 2.33. The van der Waals surface area contributed by atoms with Crippen molar-refractivity contribution in [3.05, 3.63) is 59.0 Å². The lowest BCUT2D eigenvalue weighted by atomic mass is 10.0. The molecule has 1 aromatic carbocycles. The smallest absolute Gasteiger partial charge is 0.303 e. The zero-order valence-corrected chi connectivity index (χ0v) is 14.6. The lowest BCUT2D eigenvalue weighted by molar-refractivity contribution is -0.158.